The van der Waals surface area contributed by atoms with Crippen LogP contribution in [-0.2, 0) is 11.3 Å². The van der Waals surface area contributed by atoms with Crippen molar-refractivity contribution in [3.63, 3.8) is 0 Å². The third-order valence-corrected chi connectivity index (χ3v) is 6.01. The minimum absolute atomic E-state index is 0.0352. The lowest BCUT2D eigenvalue weighted by Gasteiger charge is -2.15. The van der Waals surface area contributed by atoms with Crippen LogP contribution in [0.1, 0.15) is 39.0 Å². The van der Waals surface area contributed by atoms with Crippen molar-refractivity contribution in [3.05, 3.63) is 54.4 Å². The maximum Gasteiger partial charge on any atom is 0.233 e. The van der Waals surface area contributed by atoms with Gasteiger partial charge in [0.2, 0.25) is 5.91 Å². The second kappa shape index (κ2) is 10.4. The SMILES string of the molecule is C=CCn1c(SC(C)C(=O)NCCC2=CCCCC2)nnc1-c1ccccc1F. The molecule has 7 heteroatoms. The predicted molar refractivity (Wildman–Crippen MR) is 115 cm³/mol. The van der Waals surface area contributed by atoms with Crippen molar-refractivity contribution in [1.29, 1.82) is 0 Å². The first-order chi connectivity index (χ1) is 14.1. The predicted octanol–water partition coefficient (Wildman–Crippen LogP) is 4.76. The molecule has 3 rings (SSSR count). The number of allylic oxidation sites excluding steroid dienone is 2. The number of hydrogen-bond donors (Lipinski definition) is 1. The van der Waals surface area contributed by atoms with Gasteiger partial charge in [-0.05, 0) is 51.2 Å². The van der Waals surface area contributed by atoms with Crippen molar-refractivity contribution in [3.8, 4) is 11.4 Å². The molecule has 0 bridgehead atoms. The van der Waals surface area contributed by atoms with E-state index in [9.17, 15) is 9.18 Å². The monoisotopic (exact) mass is 414 g/mol. The molecule has 1 aromatic carbocycles. The minimum atomic E-state index is -0.357. The topological polar surface area (TPSA) is 59.8 Å². The van der Waals surface area contributed by atoms with Crippen LogP contribution in [0.3, 0.4) is 0 Å². The highest BCUT2D eigenvalue weighted by Gasteiger charge is 2.21. The van der Waals surface area contributed by atoms with E-state index < -0.39 is 0 Å². The summed E-state index contributed by atoms with van der Waals surface area (Å²) in [5.41, 5.74) is 1.82. The number of thioether (sulfide) groups is 1. The normalized spacial score (nSPS) is 14.9. The van der Waals surface area contributed by atoms with Crippen LogP contribution in [0, 0.1) is 5.82 Å². The van der Waals surface area contributed by atoms with E-state index in [4.69, 9.17) is 0 Å². The molecule has 0 radical (unpaired) electrons. The van der Waals surface area contributed by atoms with Crippen LogP contribution >= 0.6 is 11.8 Å². The first-order valence-corrected chi connectivity index (χ1v) is 10.9. The van der Waals surface area contributed by atoms with Gasteiger partial charge in [0.25, 0.3) is 0 Å². The van der Waals surface area contributed by atoms with Crippen molar-refractivity contribution < 1.29 is 9.18 Å². The van der Waals surface area contributed by atoms with Gasteiger partial charge in [0.15, 0.2) is 11.0 Å². The van der Waals surface area contributed by atoms with Gasteiger partial charge in [-0.15, -0.1) is 16.8 Å². The lowest BCUT2D eigenvalue weighted by molar-refractivity contribution is -0.120. The van der Waals surface area contributed by atoms with E-state index >= 15 is 0 Å². The fraction of sp³-hybridized carbons (Fsp3) is 0.409. The van der Waals surface area contributed by atoms with Crippen molar-refractivity contribution in [2.75, 3.05) is 6.54 Å². The van der Waals surface area contributed by atoms with Gasteiger partial charge in [0, 0.05) is 13.1 Å². The number of rotatable bonds is 9. The van der Waals surface area contributed by atoms with E-state index in [-0.39, 0.29) is 17.0 Å². The number of nitrogens with one attached hydrogen (secondary N) is 1. The van der Waals surface area contributed by atoms with Crippen molar-refractivity contribution >= 4 is 17.7 Å². The van der Waals surface area contributed by atoms with Gasteiger partial charge >= 0.3 is 0 Å². The van der Waals surface area contributed by atoms with Gasteiger partial charge in [-0.3, -0.25) is 9.36 Å². The summed E-state index contributed by atoms with van der Waals surface area (Å²) in [6.45, 7) is 6.69. The van der Waals surface area contributed by atoms with E-state index in [0.717, 1.165) is 19.3 Å². The molecule has 0 spiro atoms. The van der Waals surface area contributed by atoms with Crippen molar-refractivity contribution in [2.45, 2.75) is 56.0 Å². The largest absolute Gasteiger partial charge is 0.355 e. The maximum atomic E-state index is 14.2. The van der Waals surface area contributed by atoms with Crippen LogP contribution in [0.5, 0.6) is 0 Å². The first-order valence-electron chi connectivity index (χ1n) is 10.0. The average molecular weight is 415 g/mol. The molecule has 0 aliphatic heterocycles. The molecule has 1 aromatic heterocycles. The molecule has 1 unspecified atom stereocenters. The standard InChI is InChI=1S/C22H27FN4OS/c1-3-15-27-20(18-11-7-8-12-19(18)23)25-26-22(27)29-16(2)21(28)24-14-13-17-9-5-4-6-10-17/h3,7-9,11-12,16H,1,4-6,10,13-15H2,2H3,(H,24,28). The van der Waals surface area contributed by atoms with Crippen molar-refractivity contribution in [2.24, 2.45) is 0 Å². The van der Waals surface area contributed by atoms with Gasteiger partial charge < -0.3 is 5.32 Å². The fourth-order valence-electron chi connectivity index (χ4n) is 3.34. The fourth-order valence-corrected chi connectivity index (χ4v) is 4.23. The zero-order valence-corrected chi connectivity index (χ0v) is 17.6. The highest BCUT2D eigenvalue weighted by Crippen LogP contribution is 2.28. The van der Waals surface area contributed by atoms with Crippen LogP contribution in [0.25, 0.3) is 11.4 Å². The van der Waals surface area contributed by atoms with Crippen LogP contribution in [-0.4, -0.2) is 32.5 Å². The van der Waals surface area contributed by atoms with Gasteiger partial charge in [-0.25, -0.2) is 4.39 Å². The maximum absolute atomic E-state index is 14.2. The number of hydrogen-bond acceptors (Lipinski definition) is 4. The zero-order valence-electron chi connectivity index (χ0n) is 16.7. The lowest BCUT2D eigenvalue weighted by Crippen LogP contribution is -2.32. The third kappa shape index (κ3) is 5.56. The molecule has 29 heavy (non-hydrogen) atoms. The summed E-state index contributed by atoms with van der Waals surface area (Å²) < 4.78 is 16.0. The number of halogens is 1. The second-order valence-electron chi connectivity index (χ2n) is 7.09. The molecule has 0 saturated heterocycles. The summed E-state index contributed by atoms with van der Waals surface area (Å²) in [7, 11) is 0. The smallest absolute Gasteiger partial charge is 0.233 e. The Labute approximate surface area is 175 Å². The van der Waals surface area contributed by atoms with Gasteiger partial charge in [-0.1, -0.05) is 41.6 Å². The summed E-state index contributed by atoms with van der Waals surface area (Å²) in [5.74, 6) is 0.0407. The Hall–Kier alpha value is -2.41. The number of amides is 1. The summed E-state index contributed by atoms with van der Waals surface area (Å²) in [6, 6.07) is 6.46. The third-order valence-electron chi connectivity index (χ3n) is 4.93. The summed E-state index contributed by atoms with van der Waals surface area (Å²) >= 11 is 1.32. The number of carbonyl (C=O) groups excluding carboxylic acids is 1. The summed E-state index contributed by atoms with van der Waals surface area (Å²) in [4.78, 5) is 12.5. The molecule has 5 nitrogen and oxygen atoms in total. The highest BCUT2D eigenvalue weighted by molar-refractivity contribution is 8.00. The van der Waals surface area contributed by atoms with Crippen LogP contribution < -0.4 is 5.32 Å². The Morgan fingerprint density at radius 3 is 2.93 bits per heavy atom. The number of aromatic nitrogens is 3. The van der Waals surface area contributed by atoms with Crippen LogP contribution in [0.15, 0.2) is 53.7 Å². The van der Waals surface area contributed by atoms with Gasteiger partial charge in [0.1, 0.15) is 5.82 Å². The Morgan fingerprint density at radius 1 is 1.38 bits per heavy atom. The van der Waals surface area contributed by atoms with Crippen LogP contribution in [0.2, 0.25) is 0 Å². The first kappa shape index (κ1) is 21.3. The molecule has 1 aliphatic rings. The number of carbonyl (C=O) groups is 1. The van der Waals surface area contributed by atoms with E-state index in [1.807, 2.05) is 6.92 Å². The van der Waals surface area contributed by atoms with Crippen molar-refractivity contribution in [1.82, 2.24) is 20.1 Å². The average Bonchev–Trinajstić information content (AvgIpc) is 3.11. The second-order valence-corrected chi connectivity index (χ2v) is 8.40. The van der Waals surface area contributed by atoms with Gasteiger partial charge in [-0.2, -0.15) is 0 Å². The summed E-state index contributed by atoms with van der Waals surface area (Å²) in [5, 5.41) is 11.6. The number of benzene rings is 1. The zero-order chi connectivity index (χ0) is 20.6. The molecule has 1 aliphatic carbocycles. The van der Waals surface area contributed by atoms with E-state index in [2.05, 4.69) is 28.2 Å². The molecule has 1 atom stereocenters. The molecule has 1 N–H and O–H groups in total. The quantitative estimate of drug-likeness (QED) is 0.475. The van der Waals surface area contributed by atoms with Crippen LogP contribution in [0.4, 0.5) is 4.39 Å². The van der Waals surface area contributed by atoms with E-state index in [1.165, 1.54) is 36.2 Å². The Kier molecular flexibility index (Phi) is 7.63. The molecular formula is C22H27FN4OS. The minimum Gasteiger partial charge on any atom is -0.355 e. The molecular weight excluding hydrogens is 387 g/mol. The number of nitrogens with zero attached hydrogens (tertiary/aromatic N) is 3. The molecule has 154 valence electrons. The Balaban J connectivity index is 1.64. The molecule has 1 heterocycles. The summed E-state index contributed by atoms with van der Waals surface area (Å²) in [6.07, 6.45) is 9.73. The molecule has 2 aromatic rings. The highest BCUT2D eigenvalue weighted by atomic mass is 32.2. The van der Waals surface area contributed by atoms with Gasteiger partial charge in [0.05, 0.1) is 10.8 Å². The Morgan fingerprint density at radius 2 is 2.21 bits per heavy atom. The van der Waals surface area contributed by atoms with E-state index in [0.29, 0.717) is 29.6 Å². The lowest BCUT2D eigenvalue weighted by atomic mass is 9.97. The Bertz CT molecular complexity index is 893. The molecule has 1 amide bonds. The van der Waals surface area contributed by atoms with E-state index in [1.54, 1.807) is 28.8 Å². The molecule has 0 saturated carbocycles. The molecule has 0 fully saturated rings.